The van der Waals surface area contributed by atoms with Crippen LogP contribution in [-0.2, 0) is 10.9 Å². The van der Waals surface area contributed by atoms with E-state index in [-0.39, 0.29) is 29.5 Å². The highest BCUT2D eigenvalue weighted by atomic mass is 19.4. The lowest BCUT2D eigenvalue weighted by Gasteiger charge is -2.19. The number of halogens is 4. The maximum Gasteiger partial charge on any atom is 0.416 e. The number of nitrogens with one attached hydrogen (secondary N) is 1. The molecule has 156 valence electrons. The van der Waals surface area contributed by atoms with E-state index in [1.54, 1.807) is 0 Å². The highest BCUT2D eigenvalue weighted by Crippen LogP contribution is 2.36. The first-order valence-corrected chi connectivity index (χ1v) is 9.26. The fourth-order valence-corrected chi connectivity index (χ4v) is 3.47. The Kier molecular flexibility index (Phi) is 6.12. The fraction of sp³-hybridized carbons (Fsp3) is 0.381. The number of likely N-dealkylation sites (tertiary alicyclic amines) is 1. The number of aryl methyl sites for hydroxylation is 1. The third-order valence-electron chi connectivity index (χ3n) is 5.01. The zero-order chi connectivity index (χ0) is 21.2. The molecule has 1 atom stereocenters. The molecule has 3 rings (SSSR count). The van der Waals surface area contributed by atoms with Crippen LogP contribution in [0.15, 0.2) is 36.4 Å². The summed E-state index contributed by atoms with van der Waals surface area (Å²) in [4.78, 5) is 14.3. The molecule has 1 aliphatic rings. The van der Waals surface area contributed by atoms with Gasteiger partial charge in [-0.05, 0) is 74.8 Å². The third-order valence-corrected chi connectivity index (χ3v) is 5.01. The summed E-state index contributed by atoms with van der Waals surface area (Å²) >= 11 is 0. The number of likely N-dealkylation sites (N-methyl/N-ethyl adjacent to an activating group) is 1. The smallest absolute Gasteiger partial charge is 0.416 e. The lowest BCUT2D eigenvalue weighted by molar-refractivity contribution is -0.137. The molecule has 0 aliphatic carbocycles. The number of hydrogen-bond acceptors (Lipinski definition) is 3. The van der Waals surface area contributed by atoms with Gasteiger partial charge < -0.3 is 9.64 Å². The minimum atomic E-state index is -4.53. The molecule has 1 N–H and O–H groups in total. The van der Waals surface area contributed by atoms with Crippen molar-refractivity contribution in [3.8, 4) is 11.1 Å². The van der Waals surface area contributed by atoms with Gasteiger partial charge in [0.1, 0.15) is 12.4 Å². The Morgan fingerprint density at radius 3 is 2.66 bits per heavy atom. The van der Waals surface area contributed by atoms with Crippen LogP contribution >= 0.6 is 0 Å². The first-order chi connectivity index (χ1) is 13.6. The van der Waals surface area contributed by atoms with Crippen LogP contribution in [0.4, 0.5) is 28.0 Å². The molecule has 0 spiro atoms. The van der Waals surface area contributed by atoms with Crippen molar-refractivity contribution in [3.63, 3.8) is 0 Å². The van der Waals surface area contributed by atoms with Crippen molar-refractivity contribution in [2.24, 2.45) is 0 Å². The summed E-state index contributed by atoms with van der Waals surface area (Å²) in [7, 11) is 1.95. The van der Waals surface area contributed by atoms with E-state index in [2.05, 4.69) is 10.2 Å². The summed E-state index contributed by atoms with van der Waals surface area (Å²) in [6.07, 6.45) is -3.31. The van der Waals surface area contributed by atoms with Crippen LogP contribution in [0, 0.1) is 12.7 Å². The standard InChI is InChI=1S/C21H22F4N2O2/c1-13-8-14(10-15(9-13)21(23,24)25)18-11-16(22)5-6-19(18)26-20(28)29-12-17-4-3-7-27(17)2/h5-6,8-11,17H,3-4,7,12H2,1-2H3,(H,26,28). The Hall–Kier alpha value is -2.61. The largest absolute Gasteiger partial charge is 0.448 e. The number of rotatable bonds is 4. The lowest BCUT2D eigenvalue weighted by Crippen LogP contribution is -2.31. The summed E-state index contributed by atoms with van der Waals surface area (Å²) in [5, 5.41) is 2.53. The number of nitrogens with zero attached hydrogens (tertiary/aromatic N) is 1. The molecule has 1 heterocycles. The molecule has 0 radical (unpaired) electrons. The number of anilines is 1. The topological polar surface area (TPSA) is 41.6 Å². The molecular formula is C21H22F4N2O2. The summed E-state index contributed by atoms with van der Waals surface area (Å²) in [6, 6.07) is 7.13. The molecule has 0 bridgehead atoms. The molecule has 2 aromatic carbocycles. The Morgan fingerprint density at radius 1 is 1.24 bits per heavy atom. The minimum Gasteiger partial charge on any atom is -0.448 e. The van der Waals surface area contributed by atoms with Gasteiger partial charge in [-0.25, -0.2) is 9.18 Å². The van der Waals surface area contributed by atoms with Crippen molar-refractivity contribution >= 4 is 11.8 Å². The van der Waals surface area contributed by atoms with Crippen LogP contribution in [0.3, 0.4) is 0 Å². The second-order valence-corrected chi connectivity index (χ2v) is 7.28. The highest BCUT2D eigenvalue weighted by molar-refractivity contribution is 5.91. The number of amides is 1. The van der Waals surface area contributed by atoms with Crippen LogP contribution in [-0.4, -0.2) is 37.2 Å². The van der Waals surface area contributed by atoms with Crippen LogP contribution in [0.25, 0.3) is 11.1 Å². The number of carbonyl (C=O) groups is 1. The summed E-state index contributed by atoms with van der Waals surface area (Å²) in [5.41, 5.74) is 0.0122. The molecule has 1 unspecified atom stereocenters. The first kappa shape index (κ1) is 21.1. The van der Waals surface area contributed by atoms with E-state index in [9.17, 15) is 22.4 Å². The maximum atomic E-state index is 13.8. The van der Waals surface area contributed by atoms with Gasteiger partial charge in [0.05, 0.1) is 11.3 Å². The second kappa shape index (κ2) is 8.41. The molecule has 1 fully saturated rings. The molecule has 1 aliphatic heterocycles. The zero-order valence-corrected chi connectivity index (χ0v) is 16.1. The van der Waals surface area contributed by atoms with Crippen molar-refractivity contribution in [1.29, 1.82) is 0 Å². The number of alkyl halides is 3. The molecular weight excluding hydrogens is 388 g/mol. The van der Waals surface area contributed by atoms with E-state index >= 15 is 0 Å². The van der Waals surface area contributed by atoms with E-state index < -0.39 is 23.7 Å². The second-order valence-electron chi connectivity index (χ2n) is 7.28. The van der Waals surface area contributed by atoms with Gasteiger partial charge in [-0.2, -0.15) is 13.2 Å². The monoisotopic (exact) mass is 410 g/mol. The first-order valence-electron chi connectivity index (χ1n) is 9.26. The molecule has 1 amide bonds. The number of hydrogen-bond donors (Lipinski definition) is 1. The number of benzene rings is 2. The molecule has 0 saturated carbocycles. The number of ether oxygens (including phenoxy) is 1. The van der Waals surface area contributed by atoms with Crippen molar-refractivity contribution in [2.75, 3.05) is 25.5 Å². The molecule has 4 nitrogen and oxygen atoms in total. The lowest BCUT2D eigenvalue weighted by atomic mass is 9.98. The molecule has 8 heteroatoms. The summed E-state index contributed by atoms with van der Waals surface area (Å²) in [6.45, 7) is 2.67. The van der Waals surface area contributed by atoms with Gasteiger partial charge in [-0.1, -0.05) is 6.07 Å². The molecule has 2 aromatic rings. The average molecular weight is 410 g/mol. The van der Waals surface area contributed by atoms with E-state index in [0.29, 0.717) is 5.56 Å². The van der Waals surface area contributed by atoms with Gasteiger partial charge in [-0.3, -0.25) is 5.32 Å². The highest BCUT2D eigenvalue weighted by Gasteiger charge is 2.31. The van der Waals surface area contributed by atoms with Crippen LogP contribution < -0.4 is 5.32 Å². The van der Waals surface area contributed by atoms with Crippen LogP contribution in [0.1, 0.15) is 24.0 Å². The van der Waals surface area contributed by atoms with Gasteiger partial charge in [0.25, 0.3) is 0 Å². The molecule has 1 saturated heterocycles. The van der Waals surface area contributed by atoms with E-state index in [4.69, 9.17) is 4.74 Å². The SMILES string of the molecule is Cc1cc(-c2cc(F)ccc2NC(=O)OCC2CCCN2C)cc(C(F)(F)F)c1. The minimum absolute atomic E-state index is 0.138. The van der Waals surface area contributed by atoms with Crippen LogP contribution in [0.5, 0.6) is 0 Å². The fourth-order valence-electron chi connectivity index (χ4n) is 3.47. The Morgan fingerprint density at radius 2 is 2.00 bits per heavy atom. The Labute approximate surface area is 166 Å². The van der Waals surface area contributed by atoms with Gasteiger partial charge in [0.2, 0.25) is 0 Å². The molecule has 0 aromatic heterocycles. The molecule has 29 heavy (non-hydrogen) atoms. The van der Waals surface area contributed by atoms with E-state index in [1.165, 1.54) is 19.1 Å². The number of carbonyl (C=O) groups excluding carboxylic acids is 1. The normalized spacial score (nSPS) is 17.4. The Bertz CT molecular complexity index is 899. The van der Waals surface area contributed by atoms with Crippen molar-refractivity contribution in [3.05, 3.63) is 53.3 Å². The summed E-state index contributed by atoms with van der Waals surface area (Å²) < 4.78 is 58.6. The Balaban J connectivity index is 1.83. The van der Waals surface area contributed by atoms with Gasteiger partial charge >= 0.3 is 12.3 Å². The predicted molar refractivity (Wildman–Crippen MR) is 102 cm³/mol. The van der Waals surface area contributed by atoms with Crippen molar-refractivity contribution < 1.29 is 27.1 Å². The quantitative estimate of drug-likeness (QED) is 0.681. The van der Waals surface area contributed by atoms with E-state index in [1.807, 2.05) is 7.05 Å². The van der Waals surface area contributed by atoms with Crippen molar-refractivity contribution in [1.82, 2.24) is 4.90 Å². The van der Waals surface area contributed by atoms with Crippen LogP contribution in [0.2, 0.25) is 0 Å². The van der Waals surface area contributed by atoms with Crippen molar-refractivity contribution in [2.45, 2.75) is 32.0 Å². The average Bonchev–Trinajstić information content (AvgIpc) is 3.05. The van der Waals surface area contributed by atoms with Gasteiger partial charge in [0, 0.05) is 11.6 Å². The van der Waals surface area contributed by atoms with Gasteiger partial charge in [-0.15, -0.1) is 0 Å². The predicted octanol–water partition coefficient (Wildman–Crippen LogP) is 5.46. The van der Waals surface area contributed by atoms with Gasteiger partial charge in [0.15, 0.2) is 0 Å². The maximum absolute atomic E-state index is 13.8. The zero-order valence-electron chi connectivity index (χ0n) is 16.1. The van der Waals surface area contributed by atoms with E-state index in [0.717, 1.165) is 43.7 Å². The third kappa shape index (κ3) is 5.26. The summed E-state index contributed by atoms with van der Waals surface area (Å²) in [5.74, 6) is -0.624.